The van der Waals surface area contributed by atoms with E-state index >= 15 is 0 Å². The van der Waals surface area contributed by atoms with Crippen LogP contribution in [0.15, 0.2) is 0 Å². The molecule has 72 valence electrons. The minimum absolute atomic E-state index is 0.807. The molecule has 2 heteroatoms. The Hall–Kier alpha value is 0.250. The summed E-state index contributed by atoms with van der Waals surface area (Å²) < 4.78 is 0. The predicted octanol–water partition coefficient (Wildman–Crippen LogP) is 2.74. The molecule has 0 spiro atoms. The van der Waals surface area contributed by atoms with Gasteiger partial charge in [-0.2, -0.15) is 0 Å². The molecule has 0 aromatic heterocycles. The Morgan fingerprint density at radius 1 is 1.42 bits per heavy atom. The molecular weight excluding hydrogens is 170 g/mol. The van der Waals surface area contributed by atoms with E-state index in [0.717, 1.165) is 18.2 Å². The molecule has 12 heavy (non-hydrogen) atoms. The van der Waals surface area contributed by atoms with Crippen molar-refractivity contribution >= 4 is 11.6 Å². The molecule has 1 rings (SSSR count). The maximum Gasteiger partial charge on any atom is 0.0235 e. The first-order valence-corrected chi connectivity index (χ1v) is 5.68. The molecule has 0 radical (unpaired) electrons. The van der Waals surface area contributed by atoms with Gasteiger partial charge in [-0.25, -0.2) is 0 Å². The zero-order valence-corrected chi connectivity index (χ0v) is 8.82. The fraction of sp³-hybridized carbons (Fsp3) is 1.00. The molecular formula is C10H20ClN. The third-order valence-electron chi connectivity index (χ3n) is 2.80. The van der Waals surface area contributed by atoms with E-state index in [1.165, 1.54) is 38.9 Å². The number of rotatable bonds is 6. The van der Waals surface area contributed by atoms with Crippen LogP contribution in [0.1, 0.15) is 32.6 Å². The molecule has 0 aromatic rings. The van der Waals surface area contributed by atoms with E-state index in [9.17, 15) is 0 Å². The lowest BCUT2D eigenvalue weighted by atomic mass is 9.85. The van der Waals surface area contributed by atoms with Crippen LogP contribution in [0.25, 0.3) is 0 Å². The van der Waals surface area contributed by atoms with Gasteiger partial charge >= 0.3 is 0 Å². The van der Waals surface area contributed by atoms with Crippen molar-refractivity contribution in [3.8, 4) is 0 Å². The van der Waals surface area contributed by atoms with Crippen molar-refractivity contribution in [2.24, 2.45) is 5.92 Å². The third-order valence-corrected chi connectivity index (χ3v) is 3.06. The third kappa shape index (κ3) is 3.32. The fourth-order valence-corrected chi connectivity index (χ4v) is 1.82. The molecule has 1 saturated carbocycles. The smallest absolute Gasteiger partial charge is 0.0235 e. The minimum Gasteiger partial charge on any atom is -0.303 e. The van der Waals surface area contributed by atoms with Gasteiger partial charge in [-0.05, 0) is 38.3 Å². The van der Waals surface area contributed by atoms with Gasteiger partial charge in [0, 0.05) is 12.4 Å². The highest BCUT2D eigenvalue weighted by Crippen LogP contribution is 2.26. The van der Waals surface area contributed by atoms with Crippen molar-refractivity contribution in [1.29, 1.82) is 0 Å². The van der Waals surface area contributed by atoms with Crippen molar-refractivity contribution in [3.05, 3.63) is 0 Å². The Labute approximate surface area is 81.1 Å². The molecule has 0 bridgehead atoms. The van der Waals surface area contributed by atoms with Crippen LogP contribution in [0, 0.1) is 5.92 Å². The van der Waals surface area contributed by atoms with Gasteiger partial charge < -0.3 is 4.90 Å². The summed E-state index contributed by atoms with van der Waals surface area (Å²) >= 11 is 5.66. The summed E-state index contributed by atoms with van der Waals surface area (Å²) in [6, 6.07) is 0. The summed E-state index contributed by atoms with van der Waals surface area (Å²) in [7, 11) is 0. The molecule has 0 heterocycles. The molecule has 0 amide bonds. The largest absolute Gasteiger partial charge is 0.303 e. The van der Waals surface area contributed by atoms with E-state index in [2.05, 4.69) is 11.8 Å². The minimum atomic E-state index is 0.807. The summed E-state index contributed by atoms with van der Waals surface area (Å²) in [4.78, 5) is 2.53. The zero-order valence-electron chi connectivity index (χ0n) is 8.06. The summed E-state index contributed by atoms with van der Waals surface area (Å²) in [5.41, 5.74) is 0. The van der Waals surface area contributed by atoms with Crippen molar-refractivity contribution in [2.75, 3.05) is 25.5 Å². The van der Waals surface area contributed by atoms with Gasteiger partial charge in [-0.15, -0.1) is 11.6 Å². The predicted molar refractivity (Wildman–Crippen MR) is 54.8 cm³/mol. The number of hydrogen-bond acceptors (Lipinski definition) is 1. The highest BCUT2D eigenvalue weighted by molar-refractivity contribution is 6.17. The first-order valence-electron chi connectivity index (χ1n) is 5.15. The SMILES string of the molecule is CCN(CCCCl)CC1CCC1. The van der Waals surface area contributed by atoms with E-state index in [1.54, 1.807) is 0 Å². The molecule has 0 atom stereocenters. The van der Waals surface area contributed by atoms with Crippen molar-refractivity contribution in [1.82, 2.24) is 4.90 Å². The van der Waals surface area contributed by atoms with Crippen LogP contribution in [-0.4, -0.2) is 30.4 Å². The molecule has 1 nitrogen and oxygen atoms in total. The molecule has 0 saturated heterocycles. The highest BCUT2D eigenvalue weighted by Gasteiger charge is 2.19. The van der Waals surface area contributed by atoms with Gasteiger partial charge in [0.15, 0.2) is 0 Å². The molecule has 1 aliphatic rings. The monoisotopic (exact) mass is 189 g/mol. The van der Waals surface area contributed by atoms with Crippen LogP contribution in [0.5, 0.6) is 0 Å². The van der Waals surface area contributed by atoms with E-state index in [-0.39, 0.29) is 0 Å². The van der Waals surface area contributed by atoms with Crippen LogP contribution in [0.4, 0.5) is 0 Å². The second-order valence-corrected chi connectivity index (χ2v) is 4.11. The van der Waals surface area contributed by atoms with E-state index < -0.39 is 0 Å². The lowest BCUT2D eigenvalue weighted by molar-refractivity contribution is 0.184. The Morgan fingerprint density at radius 2 is 2.17 bits per heavy atom. The fourth-order valence-electron chi connectivity index (χ4n) is 1.70. The first-order chi connectivity index (χ1) is 5.86. The topological polar surface area (TPSA) is 3.24 Å². The zero-order chi connectivity index (χ0) is 8.81. The van der Waals surface area contributed by atoms with Crippen molar-refractivity contribution < 1.29 is 0 Å². The Balaban J connectivity index is 2.06. The van der Waals surface area contributed by atoms with Crippen LogP contribution in [0.3, 0.4) is 0 Å². The lowest BCUT2D eigenvalue weighted by Gasteiger charge is -2.31. The van der Waals surface area contributed by atoms with Crippen molar-refractivity contribution in [3.63, 3.8) is 0 Å². The Bertz CT molecular complexity index is 112. The number of halogens is 1. The lowest BCUT2D eigenvalue weighted by Crippen LogP contribution is -2.33. The maximum atomic E-state index is 5.66. The molecule has 1 aliphatic carbocycles. The second kappa shape index (κ2) is 5.82. The van der Waals surface area contributed by atoms with Crippen molar-refractivity contribution in [2.45, 2.75) is 32.6 Å². The van der Waals surface area contributed by atoms with Gasteiger partial charge in [0.05, 0.1) is 0 Å². The Kier molecular flexibility index (Phi) is 5.01. The number of hydrogen-bond donors (Lipinski definition) is 0. The standard InChI is InChI=1S/C10H20ClN/c1-2-12(8-4-7-11)9-10-5-3-6-10/h10H,2-9H2,1H3. The number of nitrogens with zero attached hydrogens (tertiary/aromatic N) is 1. The Morgan fingerprint density at radius 3 is 2.58 bits per heavy atom. The molecule has 0 aromatic carbocycles. The van der Waals surface area contributed by atoms with Gasteiger partial charge in [0.1, 0.15) is 0 Å². The van der Waals surface area contributed by atoms with Crippen LogP contribution < -0.4 is 0 Å². The van der Waals surface area contributed by atoms with Gasteiger partial charge in [0.2, 0.25) is 0 Å². The second-order valence-electron chi connectivity index (χ2n) is 3.73. The average Bonchev–Trinajstić information content (AvgIpc) is 2.02. The summed E-state index contributed by atoms with van der Waals surface area (Å²) in [6.45, 7) is 5.93. The molecule has 0 N–H and O–H groups in total. The van der Waals surface area contributed by atoms with Crippen LogP contribution in [-0.2, 0) is 0 Å². The molecule has 0 aliphatic heterocycles. The quantitative estimate of drug-likeness (QED) is 0.581. The van der Waals surface area contributed by atoms with Crippen LogP contribution in [0.2, 0.25) is 0 Å². The van der Waals surface area contributed by atoms with Crippen LogP contribution >= 0.6 is 11.6 Å². The van der Waals surface area contributed by atoms with Gasteiger partial charge in [-0.3, -0.25) is 0 Å². The summed E-state index contributed by atoms with van der Waals surface area (Å²) in [5, 5.41) is 0. The average molecular weight is 190 g/mol. The van der Waals surface area contributed by atoms with E-state index in [4.69, 9.17) is 11.6 Å². The van der Waals surface area contributed by atoms with E-state index in [1.807, 2.05) is 0 Å². The van der Waals surface area contributed by atoms with Gasteiger partial charge in [-0.1, -0.05) is 13.3 Å². The summed E-state index contributed by atoms with van der Waals surface area (Å²) in [5.74, 6) is 1.81. The molecule has 0 unspecified atom stereocenters. The highest BCUT2D eigenvalue weighted by atomic mass is 35.5. The number of alkyl halides is 1. The maximum absolute atomic E-state index is 5.66. The normalized spacial score (nSPS) is 18.2. The first kappa shape index (κ1) is 10.3. The molecule has 1 fully saturated rings. The summed E-state index contributed by atoms with van der Waals surface area (Å²) in [6.07, 6.45) is 5.51. The van der Waals surface area contributed by atoms with Gasteiger partial charge in [0.25, 0.3) is 0 Å². The van der Waals surface area contributed by atoms with E-state index in [0.29, 0.717) is 0 Å².